The number of rotatable bonds is 2. The van der Waals surface area contributed by atoms with Crippen molar-refractivity contribution in [2.45, 2.75) is 19.6 Å². The Kier molecular flexibility index (Phi) is 4.49. The zero-order valence-corrected chi connectivity index (χ0v) is 18.0. The number of phenolic OH excluding ortho intramolecular Hbond substituents is 2. The van der Waals surface area contributed by atoms with Gasteiger partial charge in [0.25, 0.3) is 5.56 Å². The predicted octanol–water partition coefficient (Wildman–Crippen LogP) is 2.54. The van der Waals surface area contributed by atoms with Crippen molar-refractivity contribution in [3.05, 3.63) is 80.1 Å². The summed E-state index contributed by atoms with van der Waals surface area (Å²) in [4.78, 5) is 26.2. The average molecular weight is 433 g/mol. The van der Waals surface area contributed by atoms with Crippen LogP contribution in [0.15, 0.2) is 52.1 Å². The van der Waals surface area contributed by atoms with Gasteiger partial charge in [-0.2, -0.15) is 0 Å². The maximum Gasteiger partial charge on any atom is 0.331 e. The van der Waals surface area contributed by atoms with Crippen LogP contribution in [0, 0.1) is 6.92 Å². The highest BCUT2D eigenvalue weighted by Crippen LogP contribution is 2.42. The van der Waals surface area contributed by atoms with E-state index in [1.165, 1.54) is 23.7 Å². The summed E-state index contributed by atoms with van der Waals surface area (Å²) in [6.45, 7) is 2.88. The molecule has 32 heavy (non-hydrogen) atoms. The van der Waals surface area contributed by atoms with Crippen LogP contribution < -0.4 is 11.2 Å². The van der Waals surface area contributed by atoms with E-state index in [0.717, 1.165) is 21.4 Å². The van der Waals surface area contributed by atoms with Gasteiger partial charge in [0.1, 0.15) is 6.10 Å². The molecular formula is C24H23N3O5. The summed E-state index contributed by atoms with van der Waals surface area (Å²) in [7, 11) is 3.12. The van der Waals surface area contributed by atoms with Crippen molar-refractivity contribution in [1.29, 1.82) is 0 Å². The van der Waals surface area contributed by atoms with Crippen molar-refractivity contribution in [2.24, 2.45) is 14.1 Å². The van der Waals surface area contributed by atoms with Crippen LogP contribution >= 0.6 is 0 Å². The van der Waals surface area contributed by atoms with Crippen LogP contribution in [-0.4, -0.2) is 30.5 Å². The van der Waals surface area contributed by atoms with E-state index in [9.17, 15) is 19.8 Å². The number of fused-ring (bicyclic) bond motifs is 3. The molecule has 4 aromatic rings. The predicted molar refractivity (Wildman–Crippen MR) is 120 cm³/mol. The van der Waals surface area contributed by atoms with Gasteiger partial charge in [-0.15, -0.1) is 0 Å². The maximum absolute atomic E-state index is 13.4. The zero-order valence-electron chi connectivity index (χ0n) is 18.0. The van der Waals surface area contributed by atoms with Gasteiger partial charge in [-0.25, -0.2) is 4.79 Å². The summed E-state index contributed by atoms with van der Waals surface area (Å²) >= 11 is 0. The minimum absolute atomic E-state index is 0.230. The number of aromatic hydroxyl groups is 2. The van der Waals surface area contributed by atoms with Crippen LogP contribution in [0.4, 0.5) is 0 Å². The molecule has 0 saturated carbocycles. The standard InChI is InChI=1S/C24H23N3O5/c1-13-5-4-6-14(11-13)19-18-20(25(2)24(31)26(3)23(18)30)21-22(32-10-9-27(19)21)15-7-8-16(28)17(29)12-15/h4-8,11-12,22,28-29H,9-10H2,1-3H3/t22-/m0/s1. The van der Waals surface area contributed by atoms with Crippen molar-refractivity contribution in [1.82, 2.24) is 13.7 Å². The second-order valence-corrected chi connectivity index (χ2v) is 8.18. The Morgan fingerprint density at radius 1 is 1.00 bits per heavy atom. The zero-order chi connectivity index (χ0) is 22.7. The Morgan fingerprint density at radius 3 is 2.50 bits per heavy atom. The number of ether oxygens (including phenoxy) is 1. The molecule has 0 amide bonds. The lowest BCUT2D eigenvalue weighted by atomic mass is 10.0. The Bertz CT molecular complexity index is 1510. The first-order valence-corrected chi connectivity index (χ1v) is 10.3. The lowest BCUT2D eigenvalue weighted by molar-refractivity contribution is 0.0477. The molecule has 5 rings (SSSR count). The second-order valence-electron chi connectivity index (χ2n) is 8.18. The molecule has 0 fully saturated rings. The molecule has 164 valence electrons. The maximum atomic E-state index is 13.4. The lowest BCUT2D eigenvalue weighted by Crippen LogP contribution is -2.37. The quantitative estimate of drug-likeness (QED) is 0.474. The van der Waals surface area contributed by atoms with Gasteiger partial charge in [0.05, 0.1) is 28.9 Å². The Hall–Kier alpha value is -3.78. The lowest BCUT2D eigenvalue weighted by Gasteiger charge is -2.28. The van der Waals surface area contributed by atoms with Gasteiger partial charge in [-0.05, 0) is 36.2 Å². The fourth-order valence-electron chi connectivity index (χ4n) is 4.63. The van der Waals surface area contributed by atoms with Gasteiger partial charge in [0.2, 0.25) is 0 Å². The van der Waals surface area contributed by atoms with Crippen molar-refractivity contribution >= 4 is 10.9 Å². The molecule has 3 heterocycles. The van der Waals surface area contributed by atoms with Gasteiger partial charge in [-0.3, -0.25) is 13.9 Å². The number of phenols is 2. The number of nitrogens with zero attached hydrogens (tertiary/aromatic N) is 3. The monoisotopic (exact) mass is 433 g/mol. The average Bonchev–Trinajstić information content (AvgIpc) is 3.13. The SMILES string of the molecule is Cc1cccc(-c2c3c(=O)n(C)c(=O)n(C)c3c3n2CCO[C@H]3c2ccc(O)c(O)c2)c1. The molecular weight excluding hydrogens is 410 g/mol. The molecule has 0 spiro atoms. The van der Waals surface area contributed by atoms with E-state index in [1.807, 2.05) is 35.8 Å². The normalized spacial score (nSPS) is 15.8. The molecule has 2 aromatic heterocycles. The number of aryl methyl sites for hydroxylation is 2. The number of hydrogen-bond donors (Lipinski definition) is 2. The Balaban J connectivity index is 1.94. The van der Waals surface area contributed by atoms with Crippen molar-refractivity contribution in [2.75, 3.05) is 6.61 Å². The van der Waals surface area contributed by atoms with Crippen molar-refractivity contribution in [3.63, 3.8) is 0 Å². The highest BCUT2D eigenvalue weighted by atomic mass is 16.5. The number of aromatic nitrogens is 3. The molecule has 8 nitrogen and oxygen atoms in total. The Labute approximate surface area is 183 Å². The highest BCUT2D eigenvalue weighted by molar-refractivity contribution is 5.96. The van der Waals surface area contributed by atoms with Crippen LogP contribution in [0.2, 0.25) is 0 Å². The van der Waals surface area contributed by atoms with E-state index in [4.69, 9.17) is 4.74 Å². The molecule has 0 bridgehead atoms. The summed E-state index contributed by atoms with van der Waals surface area (Å²) in [6.07, 6.45) is -0.631. The summed E-state index contributed by atoms with van der Waals surface area (Å²) in [5, 5.41) is 20.3. The van der Waals surface area contributed by atoms with Gasteiger partial charge in [0, 0.05) is 20.6 Å². The second kappa shape index (κ2) is 7.13. The molecule has 1 atom stereocenters. The number of hydrogen-bond acceptors (Lipinski definition) is 5. The minimum Gasteiger partial charge on any atom is -0.504 e. The third-order valence-electron chi connectivity index (χ3n) is 6.15. The molecule has 0 radical (unpaired) electrons. The third-order valence-corrected chi connectivity index (χ3v) is 6.15. The fraction of sp³-hybridized carbons (Fsp3) is 0.250. The van der Waals surface area contributed by atoms with Crippen molar-refractivity contribution in [3.8, 4) is 22.8 Å². The number of benzene rings is 2. The summed E-state index contributed by atoms with van der Waals surface area (Å²) in [6, 6.07) is 12.4. The molecule has 0 aliphatic carbocycles. The summed E-state index contributed by atoms with van der Waals surface area (Å²) in [5.74, 6) is -0.491. The van der Waals surface area contributed by atoms with E-state index in [0.29, 0.717) is 35.3 Å². The van der Waals surface area contributed by atoms with Crippen LogP contribution in [-0.2, 0) is 25.4 Å². The first-order valence-electron chi connectivity index (χ1n) is 10.3. The molecule has 1 aliphatic rings. The molecule has 2 N–H and O–H groups in total. The van der Waals surface area contributed by atoms with Crippen LogP contribution in [0.3, 0.4) is 0 Å². The van der Waals surface area contributed by atoms with Crippen LogP contribution in [0.5, 0.6) is 11.5 Å². The molecule has 1 aliphatic heterocycles. The molecule has 0 saturated heterocycles. The molecule has 0 unspecified atom stereocenters. The molecule has 2 aromatic carbocycles. The Morgan fingerprint density at radius 2 is 1.78 bits per heavy atom. The van der Waals surface area contributed by atoms with E-state index >= 15 is 0 Å². The van der Waals surface area contributed by atoms with Crippen LogP contribution in [0.25, 0.3) is 22.2 Å². The topological polar surface area (TPSA) is 98.6 Å². The first kappa shape index (κ1) is 20.1. The largest absolute Gasteiger partial charge is 0.504 e. The smallest absolute Gasteiger partial charge is 0.331 e. The van der Waals surface area contributed by atoms with E-state index in [1.54, 1.807) is 13.1 Å². The van der Waals surface area contributed by atoms with Gasteiger partial charge in [0.15, 0.2) is 11.5 Å². The van der Waals surface area contributed by atoms with Gasteiger partial charge < -0.3 is 19.5 Å². The fourth-order valence-corrected chi connectivity index (χ4v) is 4.63. The molecule has 8 heteroatoms. The van der Waals surface area contributed by atoms with E-state index in [-0.39, 0.29) is 17.1 Å². The first-order chi connectivity index (χ1) is 15.3. The van der Waals surface area contributed by atoms with Crippen LogP contribution in [0.1, 0.15) is 22.9 Å². The van der Waals surface area contributed by atoms with Crippen molar-refractivity contribution < 1.29 is 14.9 Å². The highest BCUT2D eigenvalue weighted by Gasteiger charge is 2.33. The van der Waals surface area contributed by atoms with E-state index < -0.39 is 11.8 Å². The summed E-state index contributed by atoms with van der Waals surface area (Å²) in [5.41, 5.74) is 3.68. The minimum atomic E-state index is -0.631. The van der Waals surface area contributed by atoms with E-state index in [2.05, 4.69) is 0 Å². The van der Waals surface area contributed by atoms with Gasteiger partial charge in [-0.1, -0.05) is 29.8 Å². The third kappa shape index (κ3) is 2.80. The van der Waals surface area contributed by atoms with Gasteiger partial charge >= 0.3 is 5.69 Å². The summed E-state index contributed by atoms with van der Waals surface area (Å²) < 4.78 is 10.7.